The topological polar surface area (TPSA) is 49.3 Å². The molecule has 1 aliphatic heterocycles. The Morgan fingerprint density at radius 3 is 2.81 bits per heavy atom. The maximum Gasteiger partial charge on any atom is 0.242 e. The van der Waals surface area contributed by atoms with Gasteiger partial charge in [-0.2, -0.15) is 0 Å². The van der Waals surface area contributed by atoms with Crippen LogP contribution in [-0.2, 0) is 11.2 Å². The van der Waals surface area contributed by atoms with Crippen LogP contribution in [0.25, 0.3) is 0 Å². The number of likely N-dealkylation sites (tertiary alicyclic amines) is 1. The summed E-state index contributed by atoms with van der Waals surface area (Å²) in [5, 5.41) is 0. The third-order valence-electron chi connectivity index (χ3n) is 4.51. The zero-order chi connectivity index (χ0) is 15.3. The number of aromatic nitrogens is 2. The second-order valence-corrected chi connectivity index (χ2v) is 6.16. The fraction of sp³-hybridized carbons (Fsp3) is 0.688. The Morgan fingerprint density at radius 2 is 2.19 bits per heavy atom. The Kier molecular flexibility index (Phi) is 5.28. The van der Waals surface area contributed by atoms with Gasteiger partial charge in [0.1, 0.15) is 5.54 Å². The van der Waals surface area contributed by atoms with E-state index >= 15 is 0 Å². The molecule has 1 saturated heterocycles. The molecule has 5 nitrogen and oxygen atoms in total. The van der Waals surface area contributed by atoms with Crippen LogP contribution >= 0.6 is 0 Å². The Morgan fingerprint density at radius 1 is 1.38 bits per heavy atom. The largest absolute Gasteiger partial charge is 0.347 e. The number of carbonyl (C=O) groups is 1. The van der Waals surface area contributed by atoms with Gasteiger partial charge in [0.25, 0.3) is 0 Å². The van der Waals surface area contributed by atoms with Gasteiger partial charge in [-0.1, -0.05) is 0 Å². The van der Waals surface area contributed by atoms with Gasteiger partial charge >= 0.3 is 0 Å². The summed E-state index contributed by atoms with van der Waals surface area (Å²) in [6.45, 7) is 1.00. The van der Waals surface area contributed by atoms with Crippen LogP contribution in [0, 0.1) is 0 Å². The number of amides is 1. The lowest BCUT2D eigenvalue weighted by molar-refractivity contribution is -0.144. The number of nitrogens with zero attached hydrogens (tertiary/aromatic N) is 4. The van der Waals surface area contributed by atoms with Crippen molar-refractivity contribution in [3.8, 4) is 0 Å². The van der Waals surface area contributed by atoms with E-state index in [4.69, 9.17) is 0 Å². The van der Waals surface area contributed by atoms with Crippen molar-refractivity contribution in [2.45, 2.75) is 44.1 Å². The van der Waals surface area contributed by atoms with Gasteiger partial charge in [-0.3, -0.25) is 19.7 Å². The molecule has 0 bridgehead atoms. The Bertz CT molecular complexity index is 463. The highest BCUT2D eigenvalue weighted by atomic mass is 16.2. The molecule has 5 heteroatoms. The zero-order valence-corrected chi connectivity index (χ0v) is 13.4. The summed E-state index contributed by atoms with van der Waals surface area (Å²) >= 11 is 0. The second-order valence-electron chi connectivity index (χ2n) is 6.16. The van der Waals surface area contributed by atoms with Crippen LogP contribution in [0.1, 0.15) is 37.8 Å². The van der Waals surface area contributed by atoms with Crippen molar-refractivity contribution < 1.29 is 4.79 Å². The Hall–Kier alpha value is -1.49. The highest BCUT2D eigenvalue weighted by Crippen LogP contribution is 2.33. The average molecular weight is 290 g/mol. The summed E-state index contributed by atoms with van der Waals surface area (Å²) in [7, 11) is 5.80. The first-order valence-electron chi connectivity index (χ1n) is 7.74. The van der Waals surface area contributed by atoms with Crippen LogP contribution in [0.15, 0.2) is 18.6 Å². The van der Waals surface area contributed by atoms with Gasteiger partial charge < -0.3 is 4.90 Å². The Labute approximate surface area is 127 Å². The summed E-state index contributed by atoms with van der Waals surface area (Å²) in [4.78, 5) is 25.1. The second kappa shape index (κ2) is 6.98. The van der Waals surface area contributed by atoms with E-state index < -0.39 is 0 Å². The molecule has 0 aliphatic carbocycles. The van der Waals surface area contributed by atoms with E-state index in [1.54, 1.807) is 17.3 Å². The number of aryl methyl sites for hydroxylation is 1. The first-order chi connectivity index (χ1) is 10.1. The van der Waals surface area contributed by atoms with Crippen molar-refractivity contribution >= 4 is 5.91 Å². The van der Waals surface area contributed by atoms with Gasteiger partial charge in [-0.05, 0) is 52.1 Å². The predicted molar refractivity (Wildman–Crippen MR) is 82.9 cm³/mol. The summed E-state index contributed by atoms with van der Waals surface area (Å²) in [6, 6.07) is 0. The minimum Gasteiger partial charge on any atom is -0.347 e. The predicted octanol–water partition coefficient (Wildman–Crippen LogP) is 1.74. The third kappa shape index (κ3) is 3.59. The van der Waals surface area contributed by atoms with Crippen molar-refractivity contribution in [3.05, 3.63) is 24.3 Å². The summed E-state index contributed by atoms with van der Waals surface area (Å²) in [6.07, 6.45) is 11.2. The molecule has 1 atom stereocenters. The molecule has 0 saturated carbocycles. The minimum atomic E-state index is -0.329. The molecule has 21 heavy (non-hydrogen) atoms. The summed E-state index contributed by atoms with van der Waals surface area (Å²) in [5.41, 5.74) is 0.674. The van der Waals surface area contributed by atoms with Crippen molar-refractivity contribution in [1.82, 2.24) is 19.8 Å². The lowest BCUT2D eigenvalue weighted by atomic mass is 9.81. The van der Waals surface area contributed by atoms with Crippen LogP contribution in [0.4, 0.5) is 0 Å². The van der Waals surface area contributed by atoms with Crippen LogP contribution in [0.2, 0.25) is 0 Å². The van der Waals surface area contributed by atoms with Gasteiger partial charge in [0.05, 0.1) is 5.69 Å². The smallest absolute Gasteiger partial charge is 0.242 e. The third-order valence-corrected chi connectivity index (χ3v) is 4.51. The average Bonchev–Trinajstić information content (AvgIpc) is 2.49. The molecule has 0 N–H and O–H groups in total. The van der Waals surface area contributed by atoms with Crippen LogP contribution < -0.4 is 0 Å². The lowest BCUT2D eigenvalue weighted by Gasteiger charge is -2.45. The monoisotopic (exact) mass is 290 g/mol. The molecule has 1 amide bonds. The molecule has 0 radical (unpaired) electrons. The summed E-state index contributed by atoms with van der Waals surface area (Å²) in [5.74, 6) is 0.240. The SMILES string of the molecule is CN(C)C(=O)C1(CCCc2cnccn2)CCCCN1C. The van der Waals surface area contributed by atoms with Crippen molar-refractivity contribution in [1.29, 1.82) is 0 Å². The van der Waals surface area contributed by atoms with Crippen LogP contribution in [-0.4, -0.2) is 58.9 Å². The maximum absolute atomic E-state index is 12.7. The summed E-state index contributed by atoms with van der Waals surface area (Å²) < 4.78 is 0. The van der Waals surface area contributed by atoms with E-state index in [0.717, 1.165) is 44.3 Å². The van der Waals surface area contributed by atoms with E-state index in [2.05, 4.69) is 21.9 Å². The molecule has 2 rings (SSSR count). The molecular weight excluding hydrogens is 264 g/mol. The van der Waals surface area contributed by atoms with Gasteiger partial charge in [0, 0.05) is 32.7 Å². The molecule has 1 fully saturated rings. The van der Waals surface area contributed by atoms with Gasteiger partial charge in [0.2, 0.25) is 5.91 Å². The molecule has 116 valence electrons. The number of hydrogen-bond acceptors (Lipinski definition) is 4. The molecule has 1 aromatic rings. The number of likely N-dealkylation sites (N-methyl/N-ethyl adjacent to an activating group) is 2. The van der Waals surface area contributed by atoms with Crippen molar-refractivity contribution in [3.63, 3.8) is 0 Å². The number of hydrogen-bond donors (Lipinski definition) is 0. The molecule has 1 aliphatic rings. The molecule has 0 aromatic carbocycles. The molecule has 0 spiro atoms. The maximum atomic E-state index is 12.7. The number of rotatable bonds is 5. The lowest BCUT2D eigenvalue weighted by Crippen LogP contribution is -2.59. The van der Waals surface area contributed by atoms with E-state index in [0.29, 0.717) is 0 Å². The number of carbonyl (C=O) groups excluding carboxylic acids is 1. The molecular formula is C16H26N4O. The fourth-order valence-corrected chi connectivity index (χ4v) is 3.30. The van der Waals surface area contributed by atoms with Crippen LogP contribution in [0.5, 0.6) is 0 Å². The Balaban J connectivity index is 2.04. The van der Waals surface area contributed by atoms with E-state index in [9.17, 15) is 4.79 Å². The standard InChI is InChI=1S/C16H26N4O/c1-19(2)15(21)16(8-4-5-12-20(16)3)9-6-7-14-13-17-10-11-18-14/h10-11,13H,4-9,12H2,1-3H3. The quantitative estimate of drug-likeness (QED) is 0.829. The van der Waals surface area contributed by atoms with Gasteiger partial charge in [-0.15, -0.1) is 0 Å². The number of piperidine rings is 1. The van der Waals surface area contributed by atoms with Gasteiger partial charge in [0.15, 0.2) is 0 Å². The van der Waals surface area contributed by atoms with E-state index in [1.807, 2.05) is 20.3 Å². The molecule has 1 aromatic heterocycles. The van der Waals surface area contributed by atoms with E-state index in [1.165, 1.54) is 6.42 Å². The highest BCUT2D eigenvalue weighted by Gasteiger charge is 2.43. The van der Waals surface area contributed by atoms with Gasteiger partial charge in [-0.25, -0.2) is 0 Å². The zero-order valence-electron chi connectivity index (χ0n) is 13.4. The first-order valence-corrected chi connectivity index (χ1v) is 7.74. The minimum absolute atomic E-state index is 0.240. The molecule has 1 unspecified atom stereocenters. The van der Waals surface area contributed by atoms with E-state index in [-0.39, 0.29) is 11.4 Å². The highest BCUT2D eigenvalue weighted by molar-refractivity contribution is 5.86. The van der Waals surface area contributed by atoms with Crippen molar-refractivity contribution in [2.75, 3.05) is 27.7 Å². The fourth-order valence-electron chi connectivity index (χ4n) is 3.30. The van der Waals surface area contributed by atoms with Crippen LogP contribution in [0.3, 0.4) is 0 Å². The first kappa shape index (κ1) is 15.9. The molecule has 2 heterocycles. The normalized spacial score (nSPS) is 23.0. The van der Waals surface area contributed by atoms with Crippen molar-refractivity contribution in [2.24, 2.45) is 0 Å².